The minimum Gasteiger partial charge on any atom is -0.369 e. The van der Waals surface area contributed by atoms with Gasteiger partial charge in [-0.2, -0.15) is 16.9 Å². The van der Waals surface area contributed by atoms with Gasteiger partial charge < -0.3 is 5.73 Å². The normalized spacial score (nSPS) is 23.5. The number of imidazole rings is 1. The predicted molar refractivity (Wildman–Crippen MR) is 80.5 cm³/mol. The molecular formula is C13H21N5S. The van der Waals surface area contributed by atoms with Gasteiger partial charge in [-0.25, -0.2) is 4.98 Å². The molecule has 0 bridgehead atoms. The Morgan fingerprint density at radius 3 is 2.95 bits per heavy atom. The molecule has 2 N–H and O–H groups in total. The SMILES string of the molecule is CCSC1CCC(n2c(N)nc3c(C)nn(C)c32)C1. The molecule has 1 aliphatic rings. The molecule has 0 amide bonds. The van der Waals surface area contributed by atoms with Crippen molar-refractivity contribution in [3.8, 4) is 0 Å². The Hall–Kier alpha value is -1.17. The first-order valence-corrected chi connectivity index (χ1v) is 7.95. The second-order valence-electron chi connectivity index (χ2n) is 5.27. The van der Waals surface area contributed by atoms with Gasteiger partial charge in [0.2, 0.25) is 5.95 Å². The van der Waals surface area contributed by atoms with Crippen LogP contribution in [0, 0.1) is 6.92 Å². The molecule has 2 atom stereocenters. The Morgan fingerprint density at radius 1 is 1.42 bits per heavy atom. The molecule has 1 fully saturated rings. The second-order valence-corrected chi connectivity index (χ2v) is 6.84. The van der Waals surface area contributed by atoms with Crippen LogP contribution in [-0.4, -0.2) is 30.3 Å². The van der Waals surface area contributed by atoms with Gasteiger partial charge in [0, 0.05) is 18.3 Å². The molecule has 0 aromatic carbocycles. The minimum atomic E-state index is 0.476. The quantitative estimate of drug-likeness (QED) is 0.937. The number of hydrogen-bond acceptors (Lipinski definition) is 4. The monoisotopic (exact) mass is 279 g/mol. The zero-order chi connectivity index (χ0) is 13.6. The van der Waals surface area contributed by atoms with Gasteiger partial charge in [-0.05, 0) is 31.9 Å². The summed E-state index contributed by atoms with van der Waals surface area (Å²) in [7, 11) is 1.97. The van der Waals surface area contributed by atoms with Crippen molar-refractivity contribution in [1.29, 1.82) is 0 Å². The zero-order valence-electron chi connectivity index (χ0n) is 11.8. The third kappa shape index (κ3) is 2.02. The van der Waals surface area contributed by atoms with Crippen molar-refractivity contribution >= 4 is 28.9 Å². The average Bonchev–Trinajstić information content (AvgIpc) is 2.99. The van der Waals surface area contributed by atoms with Crippen LogP contribution in [0.15, 0.2) is 0 Å². The third-order valence-electron chi connectivity index (χ3n) is 3.99. The molecule has 2 unspecified atom stereocenters. The van der Waals surface area contributed by atoms with Gasteiger partial charge in [-0.15, -0.1) is 0 Å². The van der Waals surface area contributed by atoms with Crippen molar-refractivity contribution in [2.24, 2.45) is 7.05 Å². The zero-order valence-corrected chi connectivity index (χ0v) is 12.6. The van der Waals surface area contributed by atoms with Gasteiger partial charge in [0.15, 0.2) is 5.65 Å². The highest BCUT2D eigenvalue weighted by atomic mass is 32.2. The van der Waals surface area contributed by atoms with Crippen LogP contribution in [0.25, 0.3) is 11.2 Å². The maximum absolute atomic E-state index is 6.14. The predicted octanol–water partition coefficient (Wildman–Crippen LogP) is 2.51. The molecule has 2 aromatic rings. The summed E-state index contributed by atoms with van der Waals surface area (Å²) in [5.74, 6) is 1.83. The lowest BCUT2D eigenvalue weighted by Crippen LogP contribution is -2.12. The summed E-state index contributed by atoms with van der Waals surface area (Å²) < 4.78 is 4.11. The topological polar surface area (TPSA) is 61.7 Å². The molecule has 2 heterocycles. The number of aryl methyl sites for hydroxylation is 2. The van der Waals surface area contributed by atoms with Crippen LogP contribution in [0.1, 0.15) is 37.9 Å². The van der Waals surface area contributed by atoms with E-state index in [1.807, 2.05) is 18.7 Å². The van der Waals surface area contributed by atoms with Gasteiger partial charge in [0.25, 0.3) is 0 Å². The summed E-state index contributed by atoms with van der Waals surface area (Å²) >= 11 is 2.06. The first kappa shape index (κ1) is 12.8. The van der Waals surface area contributed by atoms with Crippen molar-refractivity contribution in [2.75, 3.05) is 11.5 Å². The summed E-state index contributed by atoms with van der Waals surface area (Å²) in [6, 6.07) is 0.476. The summed E-state index contributed by atoms with van der Waals surface area (Å²) in [6.07, 6.45) is 3.66. The number of thioether (sulfide) groups is 1. The average molecular weight is 279 g/mol. The number of rotatable bonds is 3. The van der Waals surface area contributed by atoms with Crippen LogP contribution >= 0.6 is 11.8 Å². The van der Waals surface area contributed by atoms with E-state index in [1.165, 1.54) is 25.0 Å². The standard InChI is InChI=1S/C13H21N5S/c1-4-19-10-6-5-9(7-10)18-12-11(15-13(18)14)8(2)16-17(12)3/h9-10H,4-7H2,1-3H3,(H2,14,15). The first-order chi connectivity index (χ1) is 9.11. The molecule has 2 aromatic heterocycles. The minimum absolute atomic E-state index is 0.476. The summed E-state index contributed by atoms with van der Waals surface area (Å²) in [4.78, 5) is 4.50. The van der Waals surface area contributed by atoms with Crippen molar-refractivity contribution in [1.82, 2.24) is 19.3 Å². The van der Waals surface area contributed by atoms with Crippen molar-refractivity contribution in [3.05, 3.63) is 5.69 Å². The van der Waals surface area contributed by atoms with E-state index in [-0.39, 0.29) is 0 Å². The van der Waals surface area contributed by atoms with Crippen molar-refractivity contribution in [2.45, 2.75) is 44.4 Å². The van der Waals surface area contributed by atoms with E-state index in [1.54, 1.807) is 0 Å². The number of fused-ring (bicyclic) bond motifs is 1. The molecule has 5 nitrogen and oxygen atoms in total. The number of nitrogens with two attached hydrogens (primary N) is 1. The fourth-order valence-electron chi connectivity index (χ4n) is 3.21. The van der Waals surface area contributed by atoms with Crippen LogP contribution in [0.4, 0.5) is 5.95 Å². The number of nitrogens with zero attached hydrogens (tertiary/aromatic N) is 4. The maximum atomic E-state index is 6.14. The summed E-state index contributed by atoms with van der Waals surface area (Å²) in [5.41, 5.74) is 9.12. The van der Waals surface area contributed by atoms with Crippen LogP contribution in [0.3, 0.4) is 0 Å². The van der Waals surface area contributed by atoms with Gasteiger partial charge in [0.1, 0.15) is 5.52 Å². The molecule has 0 saturated heterocycles. The largest absolute Gasteiger partial charge is 0.369 e. The maximum Gasteiger partial charge on any atom is 0.202 e. The van der Waals surface area contributed by atoms with Gasteiger partial charge in [0.05, 0.1) is 5.69 Å². The van der Waals surface area contributed by atoms with E-state index in [0.717, 1.165) is 22.1 Å². The third-order valence-corrected chi connectivity index (χ3v) is 5.22. The Morgan fingerprint density at radius 2 is 2.21 bits per heavy atom. The molecule has 19 heavy (non-hydrogen) atoms. The fraction of sp³-hybridized carbons (Fsp3) is 0.692. The Balaban J connectivity index is 1.99. The molecule has 3 rings (SSSR count). The highest BCUT2D eigenvalue weighted by molar-refractivity contribution is 7.99. The fourth-order valence-corrected chi connectivity index (χ4v) is 4.34. The number of nitrogen functional groups attached to an aromatic ring is 1. The molecule has 0 radical (unpaired) electrons. The Kier molecular flexibility index (Phi) is 3.20. The molecule has 0 aliphatic heterocycles. The second kappa shape index (κ2) is 4.74. The number of hydrogen-bond donors (Lipinski definition) is 1. The summed E-state index contributed by atoms with van der Waals surface area (Å²) in [6.45, 7) is 4.22. The van der Waals surface area contributed by atoms with E-state index in [9.17, 15) is 0 Å². The molecule has 6 heteroatoms. The van der Waals surface area contributed by atoms with Crippen LogP contribution in [0.5, 0.6) is 0 Å². The molecule has 104 valence electrons. The van der Waals surface area contributed by atoms with Crippen LogP contribution in [0.2, 0.25) is 0 Å². The Labute approximate surface area is 117 Å². The van der Waals surface area contributed by atoms with Gasteiger partial charge in [-0.1, -0.05) is 6.92 Å². The smallest absolute Gasteiger partial charge is 0.202 e. The lowest BCUT2D eigenvalue weighted by molar-refractivity contribution is 0.528. The first-order valence-electron chi connectivity index (χ1n) is 6.90. The van der Waals surface area contributed by atoms with Gasteiger partial charge >= 0.3 is 0 Å². The molecular weight excluding hydrogens is 258 g/mol. The molecule has 0 spiro atoms. The Bertz CT molecular complexity index is 600. The van der Waals surface area contributed by atoms with E-state index in [2.05, 4.69) is 33.3 Å². The van der Waals surface area contributed by atoms with Crippen molar-refractivity contribution in [3.63, 3.8) is 0 Å². The van der Waals surface area contributed by atoms with E-state index < -0.39 is 0 Å². The molecule has 1 aliphatic carbocycles. The lowest BCUT2D eigenvalue weighted by atomic mass is 10.2. The lowest BCUT2D eigenvalue weighted by Gasteiger charge is -2.15. The van der Waals surface area contributed by atoms with E-state index in [0.29, 0.717) is 12.0 Å². The van der Waals surface area contributed by atoms with Gasteiger partial charge in [-0.3, -0.25) is 9.25 Å². The summed E-state index contributed by atoms with van der Waals surface area (Å²) in [5, 5.41) is 5.22. The number of anilines is 1. The molecule has 1 saturated carbocycles. The van der Waals surface area contributed by atoms with Crippen LogP contribution in [-0.2, 0) is 7.05 Å². The van der Waals surface area contributed by atoms with E-state index in [4.69, 9.17) is 5.73 Å². The number of aromatic nitrogens is 4. The highest BCUT2D eigenvalue weighted by Crippen LogP contribution is 2.39. The van der Waals surface area contributed by atoms with E-state index >= 15 is 0 Å². The van der Waals surface area contributed by atoms with Crippen molar-refractivity contribution < 1.29 is 0 Å². The highest BCUT2D eigenvalue weighted by Gasteiger charge is 2.29. The van der Waals surface area contributed by atoms with Crippen LogP contribution < -0.4 is 5.73 Å².